The molecular weight excluding hydrogens is 326 g/mol. The summed E-state index contributed by atoms with van der Waals surface area (Å²) in [6.45, 7) is 1.19. The predicted octanol–water partition coefficient (Wildman–Crippen LogP) is 2.79. The maximum Gasteiger partial charge on any atom is 0.254 e. The van der Waals surface area contributed by atoms with Crippen molar-refractivity contribution in [2.24, 2.45) is 0 Å². The van der Waals surface area contributed by atoms with E-state index in [9.17, 15) is 13.6 Å². The van der Waals surface area contributed by atoms with Gasteiger partial charge in [0.1, 0.15) is 11.6 Å². The molecule has 132 valence electrons. The smallest absolute Gasteiger partial charge is 0.254 e. The zero-order valence-electron chi connectivity index (χ0n) is 14.2. The van der Waals surface area contributed by atoms with Crippen LogP contribution >= 0.6 is 0 Å². The first-order valence-electron chi connectivity index (χ1n) is 8.17. The van der Waals surface area contributed by atoms with Gasteiger partial charge in [0.2, 0.25) is 0 Å². The fraction of sp³-hybridized carbons (Fsp3) is 0.389. The molecule has 0 radical (unpaired) electrons. The normalized spacial score (nSPS) is 17.3. The molecule has 1 aromatic carbocycles. The summed E-state index contributed by atoms with van der Waals surface area (Å²) in [6.07, 6.45) is 3.22. The summed E-state index contributed by atoms with van der Waals surface area (Å²) in [5.74, 6) is -1.35. The van der Waals surface area contributed by atoms with Gasteiger partial charge in [0.05, 0.1) is 11.7 Å². The van der Waals surface area contributed by atoms with Crippen molar-refractivity contribution in [1.29, 1.82) is 0 Å². The second-order valence-corrected chi connectivity index (χ2v) is 6.46. The fourth-order valence-corrected chi connectivity index (χ4v) is 3.11. The SMILES string of the molecule is CN(C)Cc1ccnc([C@H]2CCCN2C(=O)c2cc(F)cc(F)c2)n1. The van der Waals surface area contributed by atoms with Crippen LogP contribution in [0.1, 0.15) is 40.8 Å². The molecule has 0 aliphatic carbocycles. The van der Waals surface area contributed by atoms with E-state index in [-0.39, 0.29) is 11.6 Å². The number of halogens is 2. The maximum atomic E-state index is 13.4. The Bertz CT molecular complexity index is 761. The average Bonchev–Trinajstić information content (AvgIpc) is 3.02. The lowest BCUT2D eigenvalue weighted by atomic mass is 10.1. The molecule has 2 aromatic rings. The molecule has 1 aromatic heterocycles. The van der Waals surface area contributed by atoms with E-state index in [0.29, 0.717) is 18.9 Å². The number of hydrogen-bond donors (Lipinski definition) is 0. The van der Waals surface area contributed by atoms with Crippen LogP contribution < -0.4 is 0 Å². The van der Waals surface area contributed by atoms with Crippen LogP contribution in [0.2, 0.25) is 0 Å². The minimum atomic E-state index is -0.761. The van der Waals surface area contributed by atoms with E-state index in [4.69, 9.17) is 0 Å². The molecule has 1 saturated heterocycles. The number of amides is 1. The molecule has 1 atom stereocenters. The number of carbonyl (C=O) groups is 1. The summed E-state index contributed by atoms with van der Waals surface area (Å²) in [4.78, 5) is 25.2. The Morgan fingerprint density at radius 1 is 1.28 bits per heavy atom. The van der Waals surface area contributed by atoms with Crippen LogP contribution in [-0.2, 0) is 6.54 Å². The zero-order chi connectivity index (χ0) is 18.0. The van der Waals surface area contributed by atoms with Crippen molar-refractivity contribution in [2.75, 3.05) is 20.6 Å². The summed E-state index contributed by atoms with van der Waals surface area (Å²) in [6, 6.07) is 4.44. The van der Waals surface area contributed by atoms with Crippen molar-refractivity contribution < 1.29 is 13.6 Å². The second-order valence-electron chi connectivity index (χ2n) is 6.46. The van der Waals surface area contributed by atoms with Crippen LogP contribution in [0.25, 0.3) is 0 Å². The molecule has 0 N–H and O–H groups in total. The maximum absolute atomic E-state index is 13.4. The van der Waals surface area contributed by atoms with Crippen LogP contribution in [0.3, 0.4) is 0 Å². The van der Waals surface area contributed by atoms with Crippen LogP contribution in [-0.4, -0.2) is 46.3 Å². The Morgan fingerprint density at radius 3 is 2.68 bits per heavy atom. The first-order valence-corrected chi connectivity index (χ1v) is 8.17. The van der Waals surface area contributed by atoms with Gasteiger partial charge in [0, 0.05) is 30.9 Å². The van der Waals surface area contributed by atoms with Gasteiger partial charge in [-0.25, -0.2) is 18.7 Å². The van der Waals surface area contributed by atoms with E-state index >= 15 is 0 Å². The summed E-state index contributed by atoms with van der Waals surface area (Å²) in [5.41, 5.74) is 0.875. The largest absolute Gasteiger partial charge is 0.328 e. The number of rotatable bonds is 4. The van der Waals surface area contributed by atoms with Crippen LogP contribution in [0.5, 0.6) is 0 Å². The Morgan fingerprint density at radius 2 is 2.00 bits per heavy atom. The van der Waals surface area contributed by atoms with Crippen molar-refractivity contribution in [3.63, 3.8) is 0 Å². The second kappa shape index (κ2) is 7.23. The molecule has 0 spiro atoms. The van der Waals surface area contributed by atoms with Crippen LogP contribution in [0.4, 0.5) is 8.78 Å². The minimum absolute atomic E-state index is 0.00819. The summed E-state index contributed by atoms with van der Waals surface area (Å²) in [5, 5.41) is 0. The summed E-state index contributed by atoms with van der Waals surface area (Å²) < 4.78 is 26.9. The third kappa shape index (κ3) is 3.99. The molecule has 1 amide bonds. The predicted molar refractivity (Wildman–Crippen MR) is 88.8 cm³/mol. The molecule has 25 heavy (non-hydrogen) atoms. The highest BCUT2D eigenvalue weighted by Gasteiger charge is 2.33. The molecular formula is C18H20F2N4O. The lowest BCUT2D eigenvalue weighted by Gasteiger charge is -2.24. The molecule has 7 heteroatoms. The van der Waals surface area contributed by atoms with Gasteiger partial charge in [-0.15, -0.1) is 0 Å². The number of aromatic nitrogens is 2. The molecule has 0 saturated carbocycles. The van der Waals surface area contributed by atoms with Gasteiger partial charge in [-0.3, -0.25) is 4.79 Å². The van der Waals surface area contributed by atoms with Crippen LogP contribution in [0, 0.1) is 11.6 Å². The molecule has 3 rings (SSSR count). The van der Waals surface area contributed by atoms with E-state index in [1.165, 1.54) is 0 Å². The van der Waals surface area contributed by atoms with Gasteiger partial charge < -0.3 is 9.80 Å². The van der Waals surface area contributed by atoms with Crippen molar-refractivity contribution in [3.05, 3.63) is 59.2 Å². The Kier molecular flexibility index (Phi) is 5.03. The number of benzene rings is 1. The molecule has 5 nitrogen and oxygen atoms in total. The standard InChI is InChI=1S/C18H20F2N4O/c1-23(2)11-15-5-6-21-17(22-15)16-4-3-7-24(16)18(25)12-8-13(19)10-14(20)9-12/h5-6,8-10,16H,3-4,7,11H2,1-2H3/t16-/m1/s1. The van der Waals surface area contributed by atoms with Crippen molar-refractivity contribution in [3.8, 4) is 0 Å². The van der Waals surface area contributed by atoms with E-state index in [2.05, 4.69) is 9.97 Å². The average molecular weight is 346 g/mol. The zero-order valence-corrected chi connectivity index (χ0v) is 14.2. The molecule has 0 bridgehead atoms. The summed E-state index contributed by atoms with van der Waals surface area (Å²) in [7, 11) is 3.90. The first kappa shape index (κ1) is 17.4. The van der Waals surface area contributed by atoms with Crippen LogP contribution in [0.15, 0.2) is 30.5 Å². The summed E-state index contributed by atoms with van der Waals surface area (Å²) >= 11 is 0. The van der Waals surface area contributed by atoms with Crippen molar-refractivity contribution in [1.82, 2.24) is 19.8 Å². The molecule has 1 aliphatic heterocycles. The topological polar surface area (TPSA) is 49.3 Å². The highest BCUT2D eigenvalue weighted by atomic mass is 19.1. The quantitative estimate of drug-likeness (QED) is 0.854. The van der Waals surface area contributed by atoms with E-state index in [0.717, 1.165) is 36.7 Å². The van der Waals surface area contributed by atoms with Gasteiger partial charge in [0.15, 0.2) is 5.82 Å². The van der Waals surface area contributed by atoms with Crippen molar-refractivity contribution in [2.45, 2.75) is 25.4 Å². The lowest BCUT2D eigenvalue weighted by molar-refractivity contribution is 0.0728. The van der Waals surface area contributed by atoms with E-state index in [1.807, 2.05) is 25.1 Å². The highest BCUT2D eigenvalue weighted by molar-refractivity contribution is 5.94. The molecule has 0 unspecified atom stereocenters. The van der Waals surface area contributed by atoms with Crippen molar-refractivity contribution >= 4 is 5.91 Å². The van der Waals surface area contributed by atoms with E-state index in [1.54, 1.807) is 11.1 Å². The van der Waals surface area contributed by atoms with E-state index < -0.39 is 17.5 Å². The third-order valence-corrected chi connectivity index (χ3v) is 4.13. The number of hydrogen-bond acceptors (Lipinski definition) is 4. The van der Waals surface area contributed by atoms with Gasteiger partial charge in [-0.05, 0) is 45.1 Å². The van der Waals surface area contributed by atoms with Gasteiger partial charge in [0.25, 0.3) is 5.91 Å². The minimum Gasteiger partial charge on any atom is -0.328 e. The third-order valence-electron chi connectivity index (χ3n) is 4.13. The van der Waals surface area contributed by atoms with Gasteiger partial charge in [-0.2, -0.15) is 0 Å². The molecule has 1 aliphatic rings. The lowest BCUT2D eigenvalue weighted by Crippen LogP contribution is -2.31. The Hall–Kier alpha value is -2.41. The highest BCUT2D eigenvalue weighted by Crippen LogP contribution is 2.31. The Labute approximate surface area is 145 Å². The Balaban J connectivity index is 1.86. The number of carbonyl (C=O) groups excluding carboxylic acids is 1. The molecule has 1 fully saturated rings. The number of likely N-dealkylation sites (tertiary alicyclic amines) is 1. The monoisotopic (exact) mass is 346 g/mol. The fourth-order valence-electron chi connectivity index (χ4n) is 3.11. The first-order chi connectivity index (χ1) is 11.9. The van der Waals surface area contributed by atoms with Gasteiger partial charge in [-0.1, -0.05) is 0 Å². The van der Waals surface area contributed by atoms with Gasteiger partial charge >= 0.3 is 0 Å². The number of nitrogens with zero attached hydrogens (tertiary/aromatic N) is 4. The molecule has 2 heterocycles.